The van der Waals surface area contributed by atoms with Crippen LogP contribution in [0.5, 0.6) is 0 Å². The van der Waals surface area contributed by atoms with Crippen molar-refractivity contribution in [1.29, 1.82) is 0 Å². The highest BCUT2D eigenvalue weighted by Gasteiger charge is 2.90. The molecule has 0 aliphatic rings. The van der Waals surface area contributed by atoms with Crippen molar-refractivity contribution in [3.63, 3.8) is 0 Å². The van der Waals surface area contributed by atoms with Gasteiger partial charge < -0.3 is 10.1 Å². The van der Waals surface area contributed by atoms with Gasteiger partial charge in [0, 0.05) is 13.0 Å². The van der Waals surface area contributed by atoms with E-state index < -0.39 is 60.8 Å². The van der Waals surface area contributed by atoms with Gasteiger partial charge in [-0.05, 0) is 13.3 Å². The molecule has 0 amide bonds. The number of alkyl halides is 13. The Morgan fingerprint density at radius 3 is 1.61 bits per heavy atom. The van der Waals surface area contributed by atoms with Crippen LogP contribution < -0.4 is 5.32 Å². The van der Waals surface area contributed by atoms with Gasteiger partial charge in [-0.2, -0.15) is 57.1 Å². The average Bonchev–Trinajstić information content (AvgIpc) is 2.59. The van der Waals surface area contributed by atoms with E-state index in [-0.39, 0.29) is 19.4 Å². The lowest BCUT2D eigenvalue weighted by Gasteiger charge is -2.39. The molecule has 31 heavy (non-hydrogen) atoms. The molecule has 0 aliphatic carbocycles. The van der Waals surface area contributed by atoms with Gasteiger partial charge in [0.25, 0.3) is 0 Å². The third-order valence-corrected chi connectivity index (χ3v) is 3.98. The Labute approximate surface area is 167 Å². The van der Waals surface area contributed by atoms with Crippen molar-refractivity contribution in [2.24, 2.45) is 0 Å². The summed E-state index contributed by atoms with van der Waals surface area (Å²) >= 11 is 0. The van der Waals surface area contributed by atoms with Crippen LogP contribution in [0.2, 0.25) is 0 Å². The highest BCUT2D eigenvalue weighted by Crippen LogP contribution is 2.60. The molecular weight excluding hydrogens is 473 g/mol. The number of carbonyl (C=O) groups excluding carboxylic acids is 1. The molecule has 0 aromatic heterocycles. The monoisotopic (exact) mass is 491 g/mol. The number of hydrogen-bond donors (Lipinski definition) is 1. The molecule has 1 atom stereocenters. The molecule has 0 rings (SSSR count). The van der Waals surface area contributed by atoms with Crippen molar-refractivity contribution in [3.05, 3.63) is 0 Å². The summed E-state index contributed by atoms with van der Waals surface area (Å²) in [7, 11) is 0. The normalized spacial score (nSPS) is 15.7. The highest BCUT2D eigenvalue weighted by atomic mass is 19.4. The van der Waals surface area contributed by atoms with Gasteiger partial charge >= 0.3 is 41.8 Å². The van der Waals surface area contributed by atoms with Crippen molar-refractivity contribution < 1.29 is 66.6 Å². The average molecular weight is 491 g/mol. The fraction of sp³-hybridized carbons (Fsp3) is 0.933. The van der Waals surface area contributed by atoms with Crippen LogP contribution in [-0.2, 0) is 9.53 Å². The number of carbonyl (C=O) groups is 1. The Morgan fingerprint density at radius 1 is 0.774 bits per heavy atom. The zero-order chi connectivity index (χ0) is 25.1. The molecule has 186 valence electrons. The molecule has 0 radical (unpaired) electrons. The second-order valence-corrected chi connectivity index (χ2v) is 6.30. The Hall–Kier alpha value is -1.48. The van der Waals surface area contributed by atoms with Gasteiger partial charge in [-0.25, -0.2) is 0 Å². The number of esters is 1. The summed E-state index contributed by atoms with van der Waals surface area (Å²) in [6.07, 6.45) is -9.74. The number of hydrogen-bond acceptors (Lipinski definition) is 3. The number of ether oxygens (including phenoxy) is 1. The van der Waals surface area contributed by atoms with E-state index in [2.05, 4.69) is 4.74 Å². The Balaban J connectivity index is 5.69. The first-order chi connectivity index (χ1) is 13.7. The molecule has 0 unspecified atom stereocenters. The minimum Gasteiger partial charge on any atom is -0.465 e. The first-order valence-corrected chi connectivity index (χ1v) is 8.51. The van der Waals surface area contributed by atoms with E-state index in [1.807, 2.05) is 5.32 Å². The SMILES string of the molecule is CCC[C@H](NCCC(F)(F)C(F)(F)C(F)(F)C(F)(F)C(F)(F)C(F)(F)F)C(=O)OCC. The van der Waals surface area contributed by atoms with Gasteiger partial charge in [0.2, 0.25) is 0 Å². The van der Waals surface area contributed by atoms with Gasteiger partial charge in [0.15, 0.2) is 0 Å². The van der Waals surface area contributed by atoms with E-state index >= 15 is 0 Å². The van der Waals surface area contributed by atoms with E-state index in [0.717, 1.165) is 0 Å². The maximum atomic E-state index is 13.7. The molecule has 0 aliphatic heterocycles. The molecule has 0 fully saturated rings. The molecule has 0 spiro atoms. The van der Waals surface area contributed by atoms with Crippen LogP contribution in [0.4, 0.5) is 57.1 Å². The van der Waals surface area contributed by atoms with Crippen LogP contribution in [0.3, 0.4) is 0 Å². The summed E-state index contributed by atoms with van der Waals surface area (Å²) < 4.78 is 173. The molecule has 16 heteroatoms. The summed E-state index contributed by atoms with van der Waals surface area (Å²) in [4.78, 5) is 11.6. The van der Waals surface area contributed by atoms with Gasteiger partial charge in [-0.15, -0.1) is 0 Å². The van der Waals surface area contributed by atoms with Crippen LogP contribution in [0.15, 0.2) is 0 Å². The topological polar surface area (TPSA) is 38.3 Å². The lowest BCUT2D eigenvalue weighted by atomic mass is 9.92. The quantitative estimate of drug-likeness (QED) is 0.292. The summed E-state index contributed by atoms with van der Waals surface area (Å²) in [5, 5.41) is 1.93. The fourth-order valence-corrected chi connectivity index (χ4v) is 2.20. The number of nitrogens with one attached hydrogen (secondary N) is 1. The van der Waals surface area contributed by atoms with Crippen LogP contribution in [0.1, 0.15) is 33.1 Å². The maximum Gasteiger partial charge on any atom is 0.460 e. The van der Waals surface area contributed by atoms with Crippen molar-refractivity contribution >= 4 is 5.97 Å². The van der Waals surface area contributed by atoms with Crippen LogP contribution in [0, 0.1) is 0 Å². The fourth-order valence-electron chi connectivity index (χ4n) is 2.20. The van der Waals surface area contributed by atoms with Crippen LogP contribution in [-0.4, -0.2) is 61.0 Å². The largest absolute Gasteiger partial charge is 0.465 e. The first-order valence-electron chi connectivity index (χ1n) is 8.51. The van der Waals surface area contributed by atoms with E-state index in [1.165, 1.54) is 13.8 Å². The third-order valence-electron chi connectivity index (χ3n) is 3.98. The minimum atomic E-state index is -7.92. The van der Waals surface area contributed by atoms with Crippen molar-refractivity contribution in [1.82, 2.24) is 5.32 Å². The van der Waals surface area contributed by atoms with E-state index in [0.29, 0.717) is 0 Å². The first kappa shape index (κ1) is 29.5. The minimum absolute atomic E-state index is 0.104. The lowest BCUT2D eigenvalue weighted by molar-refractivity contribution is -0.440. The van der Waals surface area contributed by atoms with Gasteiger partial charge in [-0.1, -0.05) is 13.3 Å². The Bertz CT molecular complexity index is 604. The van der Waals surface area contributed by atoms with Gasteiger partial charge in [0.05, 0.1) is 6.61 Å². The standard InChI is InChI=1S/C15H18F13NO2/c1-3-5-8(9(30)31-4-2)29-7-6-10(16,17)11(18,19)12(20,21)13(22,23)14(24,25)15(26,27)28/h8,29H,3-7H2,1-2H3/t8-/m0/s1. The second-order valence-electron chi connectivity index (χ2n) is 6.30. The molecule has 0 bridgehead atoms. The summed E-state index contributed by atoms with van der Waals surface area (Å²) in [5.41, 5.74) is 0. The molecular formula is C15H18F13NO2. The van der Waals surface area contributed by atoms with E-state index in [1.54, 1.807) is 0 Å². The summed E-state index contributed by atoms with van der Waals surface area (Å²) in [6, 6.07) is -1.38. The van der Waals surface area contributed by atoms with Crippen molar-refractivity contribution in [2.75, 3.05) is 13.2 Å². The lowest BCUT2D eigenvalue weighted by Crippen LogP contribution is -2.70. The molecule has 0 aromatic carbocycles. The Kier molecular flexibility index (Phi) is 9.11. The van der Waals surface area contributed by atoms with Crippen molar-refractivity contribution in [2.45, 2.75) is 74.9 Å². The van der Waals surface area contributed by atoms with Gasteiger partial charge in [-0.3, -0.25) is 4.79 Å². The summed E-state index contributed by atoms with van der Waals surface area (Å²) in [5.74, 6) is -38.0. The predicted molar refractivity (Wildman–Crippen MR) is 78.7 cm³/mol. The van der Waals surface area contributed by atoms with Crippen LogP contribution in [0.25, 0.3) is 0 Å². The molecule has 0 aromatic rings. The smallest absolute Gasteiger partial charge is 0.460 e. The number of rotatable bonds is 12. The molecule has 3 nitrogen and oxygen atoms in total. The zero-order valence-corrected chi connectivity index (χ0v) is 15.8. The van der Waals surface area contributed by atoms with Crippen molar-refractivity contribution in [3.8, 4) is 0 Å². The number of halogens is 13. The zero-order valence-electron chi connectivity index (χ0n) is 15.8. The molecule has 0 saturated heterocycles. The molecule has 1 N–H and O–H groups in total. The molecule has 0 heterocycles. The molecule has 0 saturated carbocycles. The predicted octanol–water partition coefficient (Wildman–Crippen LogP) is 5.44. The Morgan fingerprint density at radius 2 is 1.23 bits per heavy atom. The van der Waals surface area contributed by atoms with E-state index in [9.17, 15) is 61.9 Å². The third kappa shape index (κ3) is 5.48. The van der Waals surface area contributed by atoms with E-state index in [4.69, 9.17) is 0 Å². The second kappa shape index (κ2) is 9.57. The summed E-state index contributed by atoms with van der Waals surface area (Å²) in [6.45, 7) is 1.28. The maximum absolute atomic E-state index is 13.7. The van der Waals surface area contributed by atoms with Gasteiger partial charge in [0.1, 0.15) is 6.04 Å². The highest BCUT2D eigenvalue weighted by molar-refractivity contribution is 5.75. The van der Waals surface area contributed by atoms with Crippen LogP contribution >= 0.6 is 0 Å².